The van der Waals surface area contributed by atoms with Gasteiger partial charge < -0.3 is 19.7 Å². The van der Waals surface area contributed by atoms with Crippen LogP contribution in [-0.4, -0.2) is 48.7 Å². The predicted octanol–water partition coefficient (Wildman–Crippen LogP) is 1.31. The molecule has 2 bridgehead atoms. The number of hydrogen-bond donors (Lipinski definition) is 2. The predicted molar refractivity (Wildman–Crippen MR) is 92.0 cm³/mol. The molecular formula is C16H20N4O2S. The molecule has 1 atom stereocenters. The number of hydrazone groups is 1. The molecule has 1 aromatic carbocycles. The lowest BCUT2D eigenvalue weighted by Crippen LogP contribution is -2.58. The Morgan fingerprint density at radius 2 is 2.09 bits per heavy atom. The molecule has 0 unspecified atom stereocenters. The van der Waals surface area contributed by atoms with Crippen LogP contribution >= 0.6 is 12.2 Å². The van der Waals surface area contributed by atoms with Crippen LogP contribution in [0.25, 0.3) is 0 Å². The van der Waals surface area contributed by atoms with Gasteiger partial charge in [0.2, 0.25) is 6.79 Å². The minimum atomic E-state index is 0.280. The lowest BCUT2D eigenvalue weighted by atomic mass is 9.84. The van der Waals surface area contributed by atoms with Crippen LogP contribution in [0.5, 0.6) is 11.5 Å². The maximum Gasteiger partial charge on any atom is 0.231 e. The first kappa shape index (κ1) is 14.7. The summed E-state index contributed by atoms with van der Waals surface area (Å²) in [6.45, 7) is 3.82. The largest absolute Gasteiger partial charge is 0.454 e. The molecule has 2 N–H and O–H groups in total. The second-order valence-electron chi connectivity index (χ2n) is 6.20. The maximum atomic E-state index is 5.35. The first-order valence-corrected chi connectivity index (χ1v) is 8.40. The summed E-state index contributed by atoms with van der Waals surface area (Å²) >= 11 is 5.35. The molecule has 0 aliphatic carbocycles. The SMILES string of the molecule is S=C(N/N=C\c1ccc2c(c1)OCO2)N[C@H]1CN2CCC1CC2. The van der Waals surface area contributed by atoms with Gasteiger partial charge in [0.25, 0.3) is 0 Å². The summed E-state index contributed by atoms with van der Waals surface area (Å²) in [7, 11) is 0. The Hall–Kier alpha value is -1.86. The van der Waals surface area contributed by atoms with E-state index in [0.29, 0.717) is 11.2 Å². The number of benzene rings is 1. The highest BCUT2D eigenvalue weighted by Crippen LogP contribution is 2.32. The number of nitrogens with zero attached hydrogens (tertiary/aromatic N) is 2. The molecule has 0 saturated carbocycles. The van der Waals surface area contributed by atoms with Crippen molar-refractivity contribution < 1.29 is 9.47 Å². The Balaban J connectivity index is 1.29. The molecule has 3 saturated heterocycles. The van der Waals surface area contributed by atoms with E-state index >= 15 is 0 Å². The number of nitrogens with one attached hydrogen (secondary N) is 2. The number of piperidine rings is 3. The third kappa shape index (κ3) is 3.25. The second kappa shape index (κ2) is 6.33. The molecule has 0 radical (unpaired) electrons. The Morgan fingerprint density at radius 1 is 1.26 bits per heavy atom. The third-order valence-corrected chi connectivity index (χ3v) is 4.96. The van der Waals surface area contributed by atoms with E-state index in [1.54, 1.807) is 6.21 Å². The van der Waals surface area contributed by atoms with E-state index in [-0.39, 0.29) is 6.79 Å². The van der Waals surface area contributed by atoms with Crippen molar-refractivity contribution in [3.05, 3.63) is 23.8 Å². The van der Waals surface area contributed by atoms with Crippen LogP contribution in [0.15, 0.2) is 23.3 Å². The van der Waals surface area contributed by atoms with E-state index in [9.17, 15) is 0 Å². The van der Waals surface area contributed by atoms with Crippen molar-refractivity contribution in [3.8, 4) is 11.5 Å². The Labute approximate surface area is 140 Å². The van der Waals surface area contributed by atoms with E-state index in [1.165, 1.54) is 25.9 Å². The summed E-state index contributed by atoms with van der Waals surface area (Å²) in [6, 6.07) is 6.16. The number of fused-ring (bicyclic) bond motifs is 4. The van der Waals surface area contributed by atoms with E-state index in [2.05, 4.69) is 20.7 Å². The van der Waals surface area contributed by atoms with Crippen LogP contribution < -0.4 is 20.2 Å². The van der Waals surface area contributed by atoms with Crippen LogP contribution in [0.3, 0.4) is 0 Å². The van der Waals surface area contributed by atoms with Crippen molar-refractivity contribution in [2.24, 2.45) is 11.0 Å². The molecule has 7 heteroatoms. The van der Waals surface area contributed by atoms with Gasteiger partial charge in [-0.05, 0) is 67.8 Å². The maximum absolute atomic E-state index is 5.35. The summed E-state index contributed by atoms with van der Waals surface area (Å²) < 4.78 is 10.6. The van der Waals surface area contributed by atoms with Gasteiger partial charge >= 0.3 is 0 Å². The average molecular weight is 332 g/mol. The standard InChI is InChI=1S/C16H20N4O2S/c23-16(18-13-9-20-5-3-12(13)4-6-20)19-17-8-11-1-2-14-15(7-11)22-10-21-14/h1-2,7-8,12-13H,3-6,9-10H2,(H2,18,19,23)/b17-8-/t13-/m0/s1. The first-order valence-electron chi connectivity index (χ1n) is 7.99. The summed E-state index contributed by atoms with van der Waals surface area (Å²) in [5, 5.41) is 8.19. The number of rotatable bonds is 3. The molecule has 5 rings (SSSR count). The van der Waals surface area contributed by atoms with Crippen LogP contribution in [-0.2, 0) is 0 Å². The minimum Gasteiger partial charge on any atom is -0.454 e. The Bertz CT molecular complexity index is 629. The van der Waals surface area contributed by atoms with E-state index < -0.39 is 0 Å². The van der Waals surface area contributed by atoms with Gasteiger partial charge in [0.15, 0.2) is 16.6 Å². The molecule has 4 aliphatic rings. The molecule has 0 aromatic heterocycles. The van der Waals surface area contributed by atoms with Gasteiger partial charge in [-0.1, -0.05) is 0 Å². The summed E-state index contributed by atoms with van der Waals surface area (Å²) in [5.41, 5.74) is 3.84. The molecule has 4 heterocycles. The van der Waals surface area contributed by atoms with E-state index in [1.807, 2.05) is 18.2 Å². The molecule has 23 heavy (non-hydrogen) atoms. The van der Waals surface area contributed by atoms with Crippen molar-refractivity contribution in [2.45, 2.75) is 18.9 Å². The van der Waals surface area contributed by atoms with Gasteiger partial charge in [-0.15, -0.1) is 0 Å². The van der Waals surface area contributed by atoms with E-state index in [0.717, 1.165) is 29.5 Å². The number of hydrogen-bond acceptors (Lipinski definition) is 5. The zero-order valence-corrected chi connectivity index (χ0v) is 13.6. The van der Waals surface area contributed by atoms with Crippen molar-refractivity contribution in [1.29, 1.82) is 0 Å². The number of thiocarbonyl (C=S) groups is 1. The van der Waals surface area contributed by atoms with E-state index in [4.69, 9.17) is 21.7 Å². The van der Waals surface area contributed by atoms with Crippen molar-refractivity contribution in [2.75, 3.05) is 26.4 Å². The smallest absolute Gasteiger partial charge is 0.231 e. The third-order valence-electron chi connectivity index (χ3n) is 4.75. The molecule has 122 valence electrons. The van der Waals surface area contributed by atoms with Gasteiger partial charge in [0, 0.05) is 12.6 Å². The molecule has 6 nitrogen and oxygen atoms in total. The fourth-order valence-electron chi connectivity index (χ4n) is 3.49. The lowest BCUT2D eigenvalue weighted by Gasteiger charge is -2.45. The molecule has 3 fully saturated rings. The highest BCUT2D eigenvalue weighted by molar-refractivity contribution is 7.80. The summed E-state index contributed by atoms with van der Waals surface area (Å²) in [5.74, 6) is 2.26. The molecule has 1 aromatic rings. The van der Waals surface area contributed by atoms with Crippen LogP contribution in [0.2, 0.25) is 0 Å². The first-order chi connectivity index (χ1) is 11.3. The van der Waals surface area contributed by atoms with Gasteiger partial charge in [-0.2, -0.15) is 5.10 Å². The lowest BCUT2D eigenvalue weighted by molar-refractivity contribution is 0.0812. The van der Waals surface area contributed by atoms with Crippen molar-refractivity contribution in [3.63, 3.8) is 0 Å². The Kier molecular flexibility index (Phi) is 4.05. The molecule has 0 spiro atoms. The van der Waals surface area contributed by atoms with Crippen LogP contribution in [0.4, 0.5) is 0 Å². The summed E-state index contributed by atoms with van der Waals surface area (Å²) in [6.07, 6.45) is 4.26. The normalized spacial score (nSPS) is 28.1. The van der Waals surface area contributed by atoms with Crippen LogP contribution in [0.1, 0.15) is 18.4 Å². The van der Waals surface area contributed by atoms with Crippen LogP contribution in [0, 0.1) is 5.92 Å². The molecule has 4 aliphatic heterocycles. The second-order valence-corrected chi connectivity index (χ2v) is 6.61. The monoisotopic (exact) mass is 332 g/mol. The van der Waals surface area contributed by atoms with Gasteiger partial charge in [-0.3, -0.25) is 5.43 Å². The number of ether oxygens (including phenoxy) is 2. The van der Waals surface area contributed by atoms with Gasteiger partial charge in [-0.25, -0.2) is 0 Å². The topological polar surface area (TPSA) is 58.1 Å². The highest BCUT2D eigenvalue weighted by Gasteiger charge is 2.34. The Morgan fingerprint density at radius 3 is 2.87 bits per heavy atom. The molecular weight excluding hydrogens is 312 g/mol. The zero-order chi connectivity index (χ0) is 15.6. The fraction of sp³-hybridized carbons (Fsp3) is 0.500. The average Bonchev–Trinajstić information content (AvgIpc) is 3.03. The van der Waals surface area contributed by atoms with Gasteiger partial charge in [0.05, 0.1) is 6.21 Å². The fourth-order valence-corrected chi connectivity index (χ4v) is 3.69. The zero-order valence-electron chi connectivity index (χ0n) is 12.8. The molecule has 0 amide bonds. The van der Waals surface area contributed by atoms with Crippen molar-refractivity contribution >= 4 is 23.5 Å². The summed E-state index contributed by atoms with van der Waals surface area (Å²) in [4.78, 5) is 2.50. The minimum absolute atomic E-state index is 0.280. The van der Waals surface area contributed by atoms with Gasteiger partial charge in [0.1, 0.15) is 0 Å². The highest BCUT2D eigenvalue weighted by atomic mass is 32.1. The van der Waals surface area contributed by atoms with Crippen molar-refractivity contribution in [1.82, 2.24) is 15.6 Å². The quantitative estimate of drug-likeness (QED) is 0.494.